The molecule has 5 heteroatoms. The van der Waals surface area contributed by atoms with Crippen molar-refractivity contribution in [2.24, 2.45) is 0 Å². The second-order valence-electron chi connectivity index (χ2n) is 7.77. The van der Waals surface area contributed by atoms with Gasteiger partial charge in [-0.05, 0) is 6.42 Å². The van der Waals surface area contributed by atoms with Gasteiger partial charge in [-0.1, -0.05) is 116 Å². The molecule has 0 aliphatic heterocycles. The van der Waals surface area contributed by atoms with Crippen LogP contribution in [0.5, 0.6) is 0 Å². The number of aliphatic hydroxyl groups excluding tert-OH is 1. The molecule has 0 aromatic rings. The van der Waals surface area contributed by atoms with Gasteiger partial charge in [-0.25, -0.2) is 0 Å². The molecular weight excluding hydrogens is 348 g/mol. The van der Waals surface area contributed by atoms with Gasteiger partial charge in [0.2, 0.25) is 0 Å². The second-order valence-corrected chi connectivity index (χ2v) is 9.46. The molecule has 0 aromatic heterocycles. The predicted octanol–water partition coefficient (Wildman–Crippen LogP) is 6.28. The third-order valence-corrected chi connectivity index (χ3v) is 6.48. The van der Waals surface area contributed by atoms with E-state index in [0.29, 0.717) is 6.42 Å². The van der Waals surface area contributed by atoms with Gasteiger partial charge in [0.05, 0.1) is 6.61 Å². The van der Waals surface area contributed by atoms with Crippen LogP contribution in [0.15, 0.2) is 0 Å². The lowest BCUT2D eigenvalue weighted by atomic mass is 10.0. The zero-order valence-corrected chi connectivity index (χ0v) is 17.9. The van der Waals surface area contributed by atoms with Gasteiger partial charge in [0, 0.05) is 0 Å². The standard InChI is InChI=1S/C21H44O4S/c1-2-3-4-5-6-7-8-9-10-11-12-13-14-15-16-17-18-19-21(20-22)26(23,24)25/h21-22H,2-20H2,1H3,(H,23,24,25). The summed E-state index contributed by atoms with van der Waals surface area (Å²) in [7, 11) is -4.09. The fraction of sp³-hybridized carbons (Fsp3) is 1.00. The van der Waals surface area contributed by atoms with Crippen LogP contribution in [0.2, 0.25) is 0 Å². The number of unbranched alkanes of at least 4 members (excludes halogenated alkanes) is 16. The Hall–Kier alpha value is -0.130. The molecule has 4 nitrogen and oxygen atoms in total. The van der Waals surface area contributed by atoms with Crippen LogP contribution in [0.1, 0.15) is 122 Å². The van der Waals surface area contributed by atoms with Gasteiger partial charge in [0.25, 0.3) is 10.1 Å². The maximum atomic E-state index is 11.0. The van der Waals surface area contributed by atoms with Gasteiger partial charge in [-0.15, -0.1) is 0 Å². The van der Waals surface area contributed by atoms with Gasteiger partial charge < -0.3 is 5.11 Å². The highest BCUT2D eigenvalue weighted by Gasteiger charge is 2.20. The predicted molar refractivity (Wildman–Crippen MR) is 111 cm³/mol. The Morgan fingerprint density at radius 3 is 1.19 bits per heavy atom. The van der Waals surface area contributed by atoms with E-state index >= 15 is 0 Å². The average Bonchev–Trinajstić information content (AvgIpc) is 2.59. The van der Waals surface area contributed by atoms with E-state index in [1.165, 1.54) is 89.9 Å². The van der Waals surface area contributed by atoms with E-state index in [4.69, 9.17) is 9.66 Å². The molecule has 0 aliphatic carbocycles. The van der Waals surface area contributed by atoms with Crippen molar-refractivity contribution in [2.75, 3.05) is 6.61 Å². The lowest BCUT2D eigenvalue weighted by Crippen LogP contribution is -2.24. The summed E-state index contributed by atoms with van der Waals surface area (Å²) in [5.41, 5.74) is 0. The first kappa shape index (κ1) is 25.9. The van der Waals surface area contributed by atoms with Crippen LogP contribution in [0.4, 0.5) is 0 Å². The molecule has 0 amide bonds. The van der Waals surface area contributed by atoms with Gasteiger partial charge >= 0.3 is 0 Å². The summed E-state index contributed by atoms with van der Waals surface area (Å²) >= 11 is 0. The summed E-state index contributed by atoms with van der Waals surface area (Å²) in [4.78, 5) is 0. The Kier molecular flexibility index (Phi) is 18.2. The normalized spacial score (nSPS) is 13.2. The van der Waals surface area contributed by atoms with Crippen LogP contribution in [0, 0.1) is 0 Å². The van der Waals surface area contributed by atoms with E-state index in [1.807, 2.05) is 0 Å². The van der Waals surface area contributed by atoms with Gasteiger partial charge in [0.15, 0.2) is 0 Å². The monoisotopic (exact) mass is 392 g/mol. The number of rotatable bonds is 20. The Labute approximate surface area is 162 Å². The van der Waals surface area contributed by atoms with Crippen molar-refractivity contribution in [1.29, 1.82) is 0 Å². The molecule has 158 valence electrons. The van der Waals surface area contributed by atoms with Crippen LogP contribution >= 0.6 is 0 Å². The van der Waals surface area contributed by atoms with Crippen molar-refractivity contribution in [3.8, 4) is 0 Å². The average molecular weight is 393 g/mol. The van der Waals surface area contributed by atoms with Crippen LogP contribution < -0.4 is 0 Å². The molecule has 0 bridgehead atoms. The quantitative estimate of drug-likeness (QED) is 0.189. The summed E-state index contributed by atoms with van der Waals surface area (Å²) in [5, 5.41) is 7.96. The van der Waals surface area contributed by atoms with Gasteiger partial charge in [-0.2, -0.15) is 8.42 Å². The van der Waals surface area contributed by atoms with E-state index < -0.39 is 22.0 Å². The maximum absolute atomic E-state index is 11.0. The molecule has 0 aromatic carbocycles. The third kappa shape index (κ3) is 17.3. The number of hydrogen-bond acceptors (Lipinski definition) is 3. The van der Waals surface area contributed by atoms with E-state index in [-0.39, 0.29) is 0 Å². The molecule has 2 N–H and O–H groups in total. The van der Waals surface area contributed by atoms with Crippen LogP contribution in [-0.2, 0) is 10.1 Å². The number of aliphatic hydroxyl groups is 1. The highest BCUT2D eigenvalue weighted by atomic mass is 32.2. The Bertz CT molecular complexity index is 381. The van der Waals surface area contributed by atoms with Crippen molar-refractivity contribution in [3.63, 3.8) is 0 Å². The minimum atomic E-state index is -4.09. The Morgan fingerprint density at radius 2 is 0.923 bits per heavy atom. The lowest BCUT2D eigenvalue weighted by Gasteiger charge is -2.10. The Morgan fingerprint density at radius 1 is 0.615 bits per heavy atom. The first-order chi connectivity index (χ1) is 12.5. The minimum absolute atomic E-state index is 0.355. The fourth-order valence-electron chi connectivity index (χ4n) is 3.43. The Balaban J connectivity index is 3.20. The first-order valence-electron chi connectivity index (χ1n) is 11.1. The van der Waals surface area contributed by atoms with E-state index in [0.717, 1.165) is 19.3 Å². The van der Waals surface area contributed by atoms with Gasteiger partial charge in [-0.3, -0.25) is 4.55 Å². The molecule has 26 heavy (non-hydrogen) atoms. The fourth-order valence-corrected chi connectivity index (χ4v) is 4.08. The molecule has 0 aliphatic rings. The maximum Gasteiger partial charge on any atom is 0.270 e. The highest BCUT2D eigenvalue weighted by molar-refractivity contribution is 7.86. The topological polar surface area (TPSA) is 74.6 Å². The minimum Gasteiger partial charge on any atom is -0.395 e. The van der Waals surface area contributed by atoms with Crippen LogP contribution in [-0.4, -0.2) is 29.9 Å². The van der Waals surface area contributed by atoms with Crippen molar-refractivity contribution < 1.29 is 18.1 Å². The summed E-state index contributed by atoms with van der Waals surface area (Å²) < 4.78 is 30.8. The molecule has 1 atom stereocenters. The second kappa shape index (κ2) is 18.2. The smallest absolute Gasteiger partial charge is 0.270 e. The summed E-state index contributed by atoms with van der Waals surface area (Å²) in [6.07, 6.45) is 22.3. The molecule has 0 spiro atoms. The molecule has 0 radical (unpaired) electrons. The van der Waals surface area contributed by atoms with Gasteiger partial charge in [0.1, 0.15) is 5.25 Å². The SMILES string of the molecule is CCCCCCCCCCCCCCCCCCCC(CO)S(=O)(=O)O. The molecule has 0 saturated carbocycles. The summed E-state index contributed by atoms with van der Waals surface area (Å²) in [5.74, 6) is 0. The number of hydrogen-bond donors (Lipinski definition) is 2. The van der Waals surface area contributed by atoms with Crippen molar-refractivity contribution >= 4 is 10.1 Å². The van der Waals surface area contributed by atoms with E-state index in [1.54, 1.807) is 0 Å². The van der Waals surface area contributed by atoms with Crippen molar-refractivity contribution in [3.05, 3.63) is 0 Å². The van der Waals surface area contributed by atoms with Crippen molar-refractivity contribution in [1.82, 2.24) is 0 Å². The van der Waals surface area contributed by atoms with E-state index in [2.05, 4.69) is 6.92 Å². The van der Waals surface area contributed by atoms with Crippen molar-refractivity contribution in [2.45, 2.75) is 128 Å². The van der Waals surface area contributed by atoms with Crippen LogP contribution in [0.3, 0.4) is 0 Å². The molecule has 0 saturated heterocycles. The molecular formula is C21H44O4S. The molecule has 1 unspecified atom stereocenters. The molecule has 0 rings (SSSR count). The largest absolute Gasteiger partial charge is 0.395 e. The first-order valence-corrected chi connectivity index (χ1v) is 12.6. The summed E-state index contributed by atoms with van der Waals surface area (Å²) in [6.45, 7) is 1.78. The molecule has 0 heterocycles. The van der Waals surface area contributed by atoms with E-state index in [9.17, 15) is 8.42 Å². The summed E-state index contributed by atoms with van der Waals surface area (Å²) in [6, 6.07) is 0. The molecule has 0 fully saturated rings. The lowest BCUT2D eigenvalue weighted by molar-refractivity contribution is 0.276. The zero-order valence-electron chi connectivity index (χ0n) is 17.1. The zero-order chi connectivity index (χ0) is 19.5. The third-order valence-electron chi connectivity index (χ3n) is 5.25. The highest BCUT2D eigenvalue weighted by Crippen LogP contribution is 2.15. The van der Waals surface area contributed by atoms with Crippen LogP contribution in [0.25, 0.3) is 0 Å².